The Kier molecular flexibility index (Phi) is 3.55. The maximum absolute atomic E-state index is 10.9. The summed E-state index contributed by atoms with van der Waals surface area (Å²) in [7, 11) is 1.48. The van der Waals surface area contributed by atoms with Gasteiger partial charge in [0, 0.05) is 19.3 Å². The third-order valence-electron chi connectivity index (χ3n) is 1.68. The Hall–Kier alpha value is -2.18. The molecule has 1 rings (SSSR count). The fourth-order valence-electron chi connectivity index (χ4n) is 0.933. The van der Waals surface area contributed by atoms with Crippen LogP contribution in [-0.4, -0.2) is 29.4 Å². The van der Waals surface area contributed by atoms with Crippen LogP contribution in [0.2, 0.25) is 0 Å². The van der Waals surface area contributed by atoms with Crippen LogP contribution in [0.15, 0.2) is 18.3 Å². The number of nitrogens with zero attached hydrogens (tertiary/aromatic N) is 2. The van der Waals surface area contributed by atoms with Gasteiger partial charge in [0.05, 0.1) is 11.5 Å². The van der Waals surface area contributed by atoms with Crippen LogP contribution in [0.3, 0.4) is 0 Å². The second kappa shape index (κ2) is 4.89. The van der Waals surface area contributed by atoms with Crippen molar-refractivity contribution in [1.82, 2.24) is 10.3 Å². The van der Waals surface area contributed by atoms with E-state index in [2.05, 4.69) is 15.6 Å². The van der Waals surface area contributed by atoms with Gasteiger partial charge in [-0.3, -0.25) is 14.9 Å². The Morgan fingerprint density at radius 2 is 2.40 bits per heavy atom. The van der Waals surface area contributed by atoms with Gasteiger partial charge in [-0.25, -0.2) is 4.98 Å². The fourth-order valence-corrected chi connectivity index (χ4v) is 0.933. The number of aromatic nitrogens is 1. The van der Waals surface area contributed by atoms with Crippen LogP contribution in [0.4, 0.5) is 11.5 Å². The van der Waals surface area contributed by atoms with Gasteiger partial charge in [0.1, 0.15) is 0 Å². The van der Waals surface area contributed by atoms with Crippen molar-refractivity contribution in [3.63, 3.8) is 0 Å². The molecule has 0 spiro atoms. The first-order chi connectivity index (χ1) is 7.15. The number of amides is 1. The molecule has 0 aliphatic rings. The first-order valence-electron chi connectivity index (χ1n) is 4.19. The van der Waals surface area contributed by atoms with Crippen molar-refractivity contribution in [2.75, 3.05) is 18.9 Å². The molecule has 15 heavy (non-hydrogen) atoms. The van der Waals surface area contributed by atoms with Crippen molar-refractivity contribution >= 4 is 17.4 Å². The Bertz CT molecular complexity index is 380. The standard InChI is InChI=1S/C8H10N4O3/c1-9-7(13)5-11-8-6(12(14)15)3-2-4-10-8/h2-4H,5H2,1H3,(H,9,13)(H,10,11). The molecule has 0 aliphatic heterocycles. The Morgan fingerprint density at radius 1 is 1.67 bits per heavy atom. The molecule has 0 atom stereocenters. The van der Waals surface area contributed by atoms with Crippen molar-refractivity contribution in [3.8, 4) is 0 Å². The number of carbonyl (C=O) groups excluding carboxylic acids is 1. The Balaban J connectivity index is 2.76. The monoisotopic (exact) mass is 210 g/mol. The second-order valence-electron chi connectivity index (χ2n) is 2.65. The molecule has 0 bridgehead atoms. The lowest BCUT2D eigenvalue weighted by atomic mass is 10.4. The van der Waals surface area contributed by atoms with E-state index in [1.54, 1.807) is 0 Å². The SMILES string of the molecule is CNC(=O)CNc1ncccc1[N+](=O)[O-]. The lowest BCUT2D eigenvalue weighted by Gasteiger charge is -2.04. The lowest BCUT2D eigenvalue weighted by molar-refractivity contribution is -0.384. The molecule has 2 N–H and O–H groups in total. The number of nitro groups is 1. The van der Waals surface area contributed by atoms with Gasteiger partial charge in [-0.2, -0.15) is 0 Å². The summed E-state index contributed by atoms with van der Waals surface area (Å²) in [6.07, 6.45) is 1.42. The summed E-state index contributed by atoms with van der Waals surface area (Å²) in [5, 5.41) is 15.5. The van der Waals surface area contributed by atoms with Gasteiger partial charge in [0.2, 0.25) is 11.7 Å². The number of hydrogen-bond donors (Lipinski definition) is 2. The first kappa shape index (κ1) is 10.9. The smallest absolute Gasteiger partial charge is 0.311 e. The number of pyridine rings is 1. The summed E-state index contributed by atoms with van der Waals surface area (Å²) in [5.74, 6) is -0.180. The van der Waals surface area contributed by atoms with Gasteiger partial charge in [-0.05, 0) is 6.07 Å². The minimum absolute atomic E-state index is 0.0473. The third-order valence-corrected chi connectivity index (χ3v) is 1.68. The summed E-state index contributed by atoms with van der Waals surface area (Å²) in [4.78, 5) is 24.7. The normalized spacial score (nSPS) is 9.40. The number of carbonyl (C=O) groups is 1. The molecule has 0 aliphatic carbocycles. The van der Waals surface area contributed by atoms with Crippen LogP contribution in [0.5, 0.6) is 0 Å². The van der Waals surface area contributed by atoms with Crippen LogP contribution in [0.25, 0.3) is 0 Å². The van der Waals surface area contributed by atoms with E-state index in [4.69, 9.17) is 0 Å². The van der Waals surface area contributed by atoms with Gasteiger partial charge in [0.25, 0.3) is 0 Å². The maximum atomic E-state index is 10.9. The van der Waals surface area contributed by atoms with Crippen molar-refractivity contribution in [1.29, 1.82) is 0 Å². The highest BCUT2D eigenvalue weighted by atomic mass is 16.6. The molecule has 0 aromatic carbocycles. The molecule has 0 saturated heterocycles. The third kappa shape index (κ3) is 2.90. The summed E-state index contributed by atoms with van der Waals surface area (Å²) in [5.41, 5.74) is -0.151. The highest BCUT2D eigenvalue weighted by Crippen LogP contribution is 2.19. The minimum Gasteiger partial charge on any atom is -0.358 e. The molecule has 1 aromatic heterocycles. The van der Waals surface area contributed by atoms with E-state index in [1.807, 2.05) is 0 Å². The zero-order valence-corrected chi connectivity index (χ0v) is 8.06. The number of hydrogen-bond acceptors (Lipinski definition) is 5. The molecule has 0 unspecified atom stereocenters. The Labute approximate surface area is 85.7 Å². The van der Waals surface area contributed by atoms with Crippen molar-refractivity contribution < 1.29 is 9.72 Å². The molecule has 1 heterocycles. The summed E-state index contributed by atoms with van der Waals surface area (Å²) in [6, 6.07) is 2.78. The van der Waals surface area contributed by atoms with Gasteiger partial charge in [-0.1, -0.05) is 0 Å². The van der Waals surface area contributed by atoms with Crippen LogP contribution >= 0.6 is 0 Å². The predicted molar refractivity (Wildman–Crippen MR) is 53.4 cm³/mol. The molecule has 0 radical (unpaired) electrons. The van der Waals surface area contributed by atoms with E-state index in [1.165, 1.54) is 25.4 Å². The zero-order valence-electron chi connectivity index (χ0n) is 8.06. The van der Waals surface area contributed by atoms with Crippen LogP contribution in [0, 0.1) is 10.1 Å². The van der Waals surface area contributed by atoms with E-state index in [0.717, 1.165) is 0 Å². The summed E-state index contributed by atoms with van der Waals surface area (Å²) in [6.45, 7) is -0.0473. The first-order valence-corrected chi connectivity index (χ1v) is 4.19. The number of anilines is 1. The number of rotatable bonds is 4. The van der Waals surface area contributed by atoms with Gasteiger partial charge in [0.15, 0.2) is 0 Å². The average molecular weight is 210 g/mol. The highest BCUT2D eigenvalue weighted by molar-refractivity contribution is 5.80. The summed E-state index contributed by atoms with van der Waals surface area (Å²) >= 11 is 0. The van der Waals surface area contributed by atoms with Crippen molar-refractivity contribution in [3.05, 3.63) is 28.4 Å². The van der Waals surface area contributed by atoms with E-state index < -0.39 is 4.92 Å². The van der Waals surface area contributed by atoms with Crippen LogP contribution < -0.4 is 10.6 Å². The van der Waals surface area contributed by atoms with E-state index >= 15 is 0 Å². The second-order valence-corrected chi connectivity index (χ2v) is 2.65. The molecule has 80 valence electrons. The van der Waals surface area contributed by atoms with Gasteiger partial charge in [-0.15, -0.1) is 0 Å². The largest absolute Gasteiger partial charge is 0.358 e. The number of nitrogens with one attached hydrogen (secondary N) is 2. The fraction of sp³-hybridized carbons (Fsp3) is 0.250. The van der Waals surface area contributed by atoms with Gasteiger partial charge < -0.3 is 10.6 Å². The molecular weight excluding hydrogens is 200 g/mol. The van der Waals surface area contributed by atoms with Gasteiger partial charge >= 0.3 is 5.69 Å². The van der Waals surface area contributed by atoms with Crippen LogP contribution in [-0.2, 0) is 4.79 Å². The van der Waals surface area contributed by atoms with E-state index in [0.29, 0.717) is 0 Å². The topological polar surface area (TPSA) is 97.2 Å². The van der Waals surface area contributed by atoms with E-state index in [9.17, 15) is 14.9 Å². The van der Waals surface area contributed by atoms with E-state index in [-0.39, 0.29) is 24.0 Å². The molecule has 7 heteroatoms. The Morgan fingerprint density at radius 3 is 3.00 bits per heavy atom. The highest BCUT2D eigenvalue weighted by Gasteiger charge is 2.13. The van der Waals surface area contributed by atoms with Crippen molar-refractivity contribution in [2.45, 2.75) is 0 Å². The molecule has 1 amide bonds. The number of likely N-dealkylation sites (N-methyl/N-ethyl adjacent to an activating group) is 1. The average Bonchev–Trinajstić information content (AvgIpc) is 2.26. The minimum atomic E-state index is -0.556. The molecular formula is C8H10N4O3. The molecule has 0 fully saturated rings. The van der Waals surface area contributed by atoms with Crippen molar-refractivity contribution in [2.24, 2.45) is 0 Å². The lowest BCUT2D eigenvalue weighted by Crippen LogP contribution is -2.26. The molecule has 0 saturated carbocycles. The zero-order chi connectivity index (χ0) is 11.3. The quantitative estimate of drug-likeness (QED) is 0.544. The maximum Gasteiger partial charge on any atom is 0.311 e. The summed E-state index contributed by atoms with van der Waals surface area (Å²) < 4.78 is 0. The molecule has 7 nitrogen and oxygen atoms in total. The molecule has 1 aromatic rings. The van der Waals surface area contributed by atoms with Crippen LogP contribution in [0.1, 0.15) is 0 Å². The predicted octanol–water partition coefficient (Wildman–Crippen LogP) is 0.148.